The summed E-state index contributed by atoms with van der Waals surface area (Å²) in [5.74, 6) is 0.922. The molecule has 1 aromatic rings. The molecule has 0 unspecified atom stereocenters. The van der Waals surface area contributed by atoms with Gasteiger partial charge in [0, 0.05) is 49.9 Å². The predicted octanol–water partition coefficient (Wildman–Crippen LogP) is 4.13. The molecule has 0 bridgehead atoms. The molecule has 7 heteroatoms. The first kappa shape index (κ1) is 22.8. The van der Waals surface area contributed by atoms with Crippen LogP contribution in [0.1, 0.15) is 46.1 Å². The number of aliphatic imine (C=N–C) groups is 1. The van der Waals surface area contributed by atoms with E-state index >= 15 is 0 Å². The lowest BCUT2D eigenvalue weighted by Crippen LogP contribution is -2.72. The summed E-state index contributed by atoms with van der Waals surface area (Å²) in [5, 5.41) is 6.48. The number of nitrogens with one attached hydrogen (secondary N) is 2. The van der Waals surface area contributed by atoms with Gasteiger partial charge >= 0.3 is 6.03 Å². The van der Waals surface area contributed by atoms with Gasteiger partial charge in [0.25, 0.3) is 0 Å². The van der Waals surface area contributed by atoms with Crippen molar-refractivity contribution in [3.8, 4) is 0 Å². The van der Waals surface area contributed by atoms with Gasteiger partial charge < -0.3 is 20.4 Å². The fraction of sp³-hybridized carbons (Fsp3) is 0.619. The van der Waals surface area contributed by atoms with Crippen LogP contribution in [0.25, 0.3) is 0 Å². The Morgan fingerprint density at radius 2 is 1.86 bits per heavy atom. The number of benzene rings is 1. The molecule has 0 aromatic heterocycles. The van der Waals surface area contributed by atoms with Crippen molar-refractivity contribution < 1.29 is 4.79 Å². The maximum Gasteiger partial charge on any atom is 0.321 e. The van der Waals surface area contributed by atoms with Gasteiger partial charge in [-0.1, -0.05) is 26.0 Å². The van der Waals surface area contributed by atoms with E-state index < -0.39 is 0 Å². The Bertz CT molecular complexity index is 725. The molecule has 2 heterocycles. The molecule has 2 N–H and O–H groups in total. The Hall–Kier alpha value is -1.51. The highest BCUT2D eigenvalue weighted by Gasteiger charge is 2.53. The summed E-state index contributed by atoms with van der Waals surface area (Å²) >= 11 is 0. The third-order valence-electron chi connectivity index (χ3n) is 6.37. The fourth-order valence-electron chi connectivity index (χ4n) is 3.76. The molecule has 0 spiro atoms. The Morgan fingerprint density at radius 3 is 2.43 bits per heavy atom. The van der Waals surface area contributed by atoms with Crippen molar-refractivity contribution in [3.63, 3.8) is 0 Å². The van der Waals surface area contributed by atoms with E-state index in [0.717, 1.165) is 49.7 Å². The lowest BCUT2D eigenvalue weighted by atomic mass is 9.65. The van der Waals surface area contributed by atoms with Gasteiger partial charge in [-0.2, -0.15) is 0 Å². The summed E-state index contributed by atoms with van der Waals surface area (Å²) in [6.07, 6.45) is 2.19. The second kappa shape index (κ2) is 8.88. The van der Waals surface area contributed by atoms with Gasteiger partial charge in [0.2, 0.25) is 0 Å². The molecule has 2 amide bonds. The molecular formula is C21H34IN5O. The van der Waals surface area contributed by atoms with E-state index in [-0.39, 0.29) is 41.0 Å². The zero-order chi connectivity index (χ0) is 19.7. The normalized spacial score (nSPS) is 20.2. The van der Waals surface area contributed by atoms with Gasteiger partial charge in [-0.15, -0.1) is 24.0 Å². The lowest BCUT2D eigenvalue weighted by Gasteiger charge is -2.62. The van der Waals surface area contributed by atoms with E-state index in [0.29, 0.717) is 6.54 Å². The zero-order valence-corrected chi connectivity index (χ0v) is 20.0. The highest BCUT2D eigenvalue weighted by Crippen LogP contribution is 2.46. The number of guanidine groups is 1. The molecular weight excluding hydrogens is 465 g/mol. The van der Waals surface area contributed by atoms with E-state index in [1.807, 2.05) is 30.1 Å². The maximum atomic E-state index is 12.3. The average Bonchev–Trinajstić information content (AvgIpc) is 3.16. The smallest absolute Gasteiger partial charge is 0.321 e. The topological polar surface area (TPSA) is 60.0 Å². The van der Waals surface area contributed by atoms with Gasteiger partial charge in [-0.05, 0) is 44.4 Å². The van der Waals surface area contributed by atoms with Crippen molar-refractivity contribution in [2.45, 2.75) is 52.6 Å². The molecule has 0 saturated carbocycles. The van der Waals surface area contributed by atoms with Crippen molar-refractivity contribution in [2.75, 3.05) is 32.0 Å². The molecule has 0 radical (unpaired) electrons. The lowest BCUT2D eigenvalue weighted by molar-refractivity contribution is -0.0667. The molecule has 0 aliphatic carbocycles. The van der Waals surface area contributed by atoms with E-state index in [9.17, 15) is 4.79 Å². The number of nitrogens with zero attached hydrogens (tertiary/aromatic N) is 3. The maximum absolute atomic E-state index is 12.3. The van der Waals surface area contributed by atoms with Crippen molar-refractivity contribution >= 4 is 41.7 Å². The summed E-state index contributed by atoms with van der Waals surface area (Å²) in [6, 6.07) is 8.01. The number of rotatable bonds is 3. The number of halogens is 1. The fourth-order valence-corrected chi connectivity index (χ4v) is 3.76. The Kier molecular flexibility index (Phi) is 7.22. The number of likely N-dealkylation sites (tertiary alicyclic amines) is 2. The first-order valence-electron chi connectivity index (χ1n) is 9.88. The third-order valence-corrected chi connectivity index (χ3v) is 6.37. The highest BCUT2D eigenvalue weighted by atomic mass is 127. The number of carbonyl (C=O) groups excluding carboxylic acids is 1. The van der Waals surface area contributed by atoms with Crippen LogP contribution in [0.4, 0.5) is 10.5 Å². The van der Waals surface area contributed by atoms with Gasteiger partial charge in [0.05, 0.1) is 0 Å². The number of amides is 2. The minimum atomic E-state index is -0.00187. The summed E-state index contributed by atoms with van der Waals surface area (Å²) < 4.78 is 0. The molecule has 2 saturated heterocycles. The van der Waals surface area contributed by atoms with Gasteiger partial charge in [0.1, 0.15) is 0 Å². The second-order valence-corrected chi connectivity index (χ2v) is 8.75. The van der Waals surface area contributed by atoms with Crippen LogP contribution < -0.4 is 10.6 Å². The molecule has 156 valence electrons. The molecule has 0 atom stereocenters. The van der Waals surface area contributed by atoms with Crippen LogP contribution in [0.3, 0.4) is 0 Å². The average molecular weight is 499 g/mol. The standard InChI is InChI=1S/C21H33N5O.HI/c1-20(2)15-26(21(20,3)4)18(22-5)23-14-16-9-8-10-17(13-16)24-19(27)25-11-6-7-12-25;/h8-10,13H,6-7,11-12,14-15H2,1-5H3,(H,22,23)(H,24,27);1H. The number of carbonyl (C=O) groups is 1. The van der Waals surface area contributed by atoms with E-state index in [4.69, 9.17) is 0 Å². The largest absolute Gasteiger partial charge is 0.352 e. The van der Waals surface area contributed by atoms with Crippen molar-refractivity contribution in [3.05, 3.63) is 29.8 Å². The van der Waals surface area contributed by atoms with Gasteiger partial charge in [-0.3, -0.25) is 4.99 Å². The minimum Gasteiger partial charge on any atom is -0.352 e. The second-order valence-electron chi connectivity index (χ2n) is 8.75. The van der Waals surface area contributed by atoms with E-state index in [2.05, 4.69) is 54.3 Å². The SMILES string of the molecule is CN=C(NCc1cccc(NC(=O)N2CCCC2)c1)N1CC(C)(C)C1(C)C.I. The first-order valence-corrected chi connectivity index (χ1v) is 9.88. The Labute approximate surface area is 186 Å². The van der Waals surface area contributed by atoms with E-state index in [1.165, 1.54) is 0 Å². The minimum absolute atomic E-state index is 0. The van der Waals surface area contributed by atoms with E-state index in [1.54, 1.807) is 0 Å². The summed E-state index contributed by atoms with van der Waals surface area (Å²) in [4.78, 5) is 20.9. The third kappa shape index (κ3) is 4.55. The first-order chi connectivity index (χ1) is 12.7. The molecule has 2 aliphatic heterocycles. The summed E-state index contributed by atoms with van der Waals surface area (Å²) in [6.45, 7) is 12.5. The van der Waals surface area contributed by atoms with Crippen molar-refractivity contribution in [1.82, 2.24) is 15.1 Å². The summed E-state index contributed by atoms with van der Waals surface area (Å²) in [7, 11) is 1.83. The molecule has 2 fully saturated rings. The Balaban J connectivity index is 0.00000280. The molecule has 2 aliphatic rings. The van der Waals surface area contributed by atoms with Gasteiger partial charge in [-0.25, -0.2) is 4.79 Å². The molecule has 1 aromatic carbocycles. The van der Waals surface area contributed by atoms with Gasteiger partial charge in [0.15, 0.2) is 5.96 Å². The Morgan fingerprint density at radius 1 is 1.18 bits per heavy atom. The predicted molar refractivity (Wildman–Crippen MR) is 126 cm³/mol. The van der Waals surface area contributed by atoms with Crippen molar-refractivity contribution in [2.24, 2.45) is 10.4 Å². The quantitative estimate of drug-likeness (QED) is 0.374. The molecule has 28 heavy (non-hydrogen) atoms. The number of hydrogen-bond donors (Lipinski definition) is 2. The summed E-state index contributed by atoms with van der Waals surface area (Å²) in [5.41, 5.74) is 2.30. The molecule has 6 nitrogen and oxygen atoms in total. The van der Waals surface area contributed by atoms with Crippen LogP contribution in [0.2, 0.25) is 0 Å². The van der Waals surface area contributed by atoms with Crippen LogP contribution in [-0.2, 0) is 6.54 Å². The zero-order valence-electron chi connectivity index (χ0n) is 17.7. The van der Waals surface area contributed by atoms with Crippen LogP contribution in [0.5, 0.6) is 0 Å². The number of anilines is 1. The van der Waals surface area contributed by atoms with Crippen LogP contribution in [-0.4, -0.2) is 54.0 Å². The number of urea groups is 1. The van der Waals surface area contributed by atoms with Crippen LogP contribution in [0.15, 0.2) is 29.3 Å². The molecule has 3 rings (SSSR count). The highest BCUT2D eigenvalue weighted by molar-refractivity contribution is 14.0. The van der Waals surface area contributed by atoms with Crippen LogP contribution >= 0.6 is 24.0 Å². The van der Waals surface area contributed by atoms with Crippen LogP contribution in [0, 0.1) is 5.41 Å². The monoisotopic (exact) mass is 499 g/mol. The van der Waals surface area contributed by atoms with Crippen molar-refractivity contribution in [1.29, 1.82) is 0 Å². The number of hydrogen-bond acceptors (Lipinski definition) is 2.